The lowest BCUT2D eigenvalue weighted by Gasteiger charge is -2.10. The summed E-state index contributed by atoms with van der Waals surface area (Å²) in [6.07, 6.45) is 0. The molecule has 0 N–H and O–H groups in total. The second-order valence-corrected chi connectivity index (χ2v) is 5.00. The Morgan fingerprint density at radius 2 is 1.95 bits per heavy atom. The number of rotatable bonds is 4. The van der Waals surface area contributed by atoms with Crippen molar-refractivity contribution in [1.82, 2.24) is 0 Å². The fourth-order valence-electron chi connectivity index (χ4n) is 1.90. The van der Waals surface area contributed by atoms with Crippen molar-refractivity contribution in [2.45, 2.75) is 20.5 Å². The highest BCUT2D eigenvalue weighted by Gasteiger charge is 2.10. The Morgan fingerprint density at radius 3 is 2.60 bits per heavy atom. The molecule has 5 heteroatoms. The van der Waals surface area contributed by atoms with Crippen molar-refractivity contribution in [3.05, 3.63) is 68.2 Å². The van der Waals surface area contributed by atoms with E-state index in [0.717, 1.165) is 16.9 Å². The van der Waals surface area contributed by atoms with Crippen molar-refractivity contribution in [2.75, 3.05) is 0 Å². The van der Waals surface area contributed by atoms with Crippen LogP contribution in [0.5, 0.6) is 5.75 Å². The van der Waals surface area contributed by atoms with E-state index >= 15 is 0 Å². The zero-order valence-electron chi connectivity index (χ0n) is 11.2. The summed E-state index contributed by atoms with van der Waals surface area (Å²) in [6.45, 7) is 4.16. The van der Waals surface area contributed by atoms with Gasteiger partial charge in [-0.15, -0.1) is 0 Å². The molecule has 2 aromatic rings. The van der Waals surface area contributed by atoms with E-state index in [2.05, 4.69) is 0 Å². The van der Waals surface area contributed by atoms with E-state index in [1.54, 1.807) is 0 Å². The molecule has 2 rings (SSSR count). The van der Waals surface area contributed by atoms with Crippen LogP contribution in [0.4, 0.5) is 5.69 Å². The first-order valence-electron chi connectivity index (χ1n) is 6.10. The molecule has 0 radical (unpaired) electrons. The number of halogens is 1. The molecule has 0 aromatic heterocycles. The predicted molar refractivity (Wildman–Crippen MR) is 78.4 cm³/mol. The standard InChI is InChI=1S/C15H14ClNO3/c1-10-3-6-15(11(2)7-10)20-9-12-8-13(17(18)19)4-5-14(12)16/h3-8H,9H2,1-2H3. The number of nitrogens with zero attached hydrogens (tertiary/aromatic N) is 1. The zero-order chi connectivity index (χ0) is 14.7. The van der Waals surface area contributed by atoms with Crippen LogP contribution in [0, 0.1) is 24.0 Å². The van der Waals surface area contributed by atoms with Crippen LogP contribution in [-0.2, 0) is 6.61 Å². The molecular weight excluding hydrogens is 278 g/mol. The number of hydrogen-bond donors (Lipinski definition) is 0. The molecule has 0 aliphatic rings. The predicted octanol–water partition coefficient (Wildman–Crippen LogP) is 4.44. The molecule has 104 valence electrons. The minimum absolute atomic E-state index is 0.00799. The molecule has 0 spiro atoms. The van der Waals surface area contributed by atoms with E-state index in [9.17, 15) is 10.1 Å². The summed E-state index contributed by atoms with van der Waals surface area (Å²) in [5.41, 5.74) is 2.78. The number of hydrogen-bond acceptors (Lipinski definition) is 3. The van der Waals surface area contributed by atoms with Gasteiger partial charge in [-0.05, 0) is 31.5 Å². The quantitative estimate of drug-likeness (QED) is 0.618. The van der Waals surface area contributed by atoms with Crippen molar-refractivity contribution < 1.29 is 9.66 Å². The number of aryl methyl sites for hydroxylation is 2. The highest BCUT2D eigenvalue weighted by molar-refractivity contribution is 6.31. The Hall–Kier alpha value is -2.07. The Labute approximate surface area is 122 Å². The Morgan fingerprint density at radius 1 is 1.20 bits per heavy atom. The fourth-order valence-corrected chi connectivity index (χ4v) is 2.07. The van der Waals surface area contributed by atoms with Crippen LogP contribution in [0.25, 0.3) is 0 Å². The Bertz CT molecular complexity index is 656. The molecule has 20 heavy (non-hydrogen) atoms. The third-order valence-electron chi connectivity index (χ3n) is 2.95. The molecule has 2 aromatic carbocycles. The van der Waals surface area contributed by atoms with Crippen LogP contribution < -0.4 is 4.74 Å². The van der Waals surface area contributed by atoms with Gasteiger partial charge in [0.05, 0.1) is 4.92 Å². The summed E-state index contributed by atoms with van der Waals surface area (Å²) in [6, 6.07) is 10.2. The second kappa shape index (κ2) is 5.92. The number of non-ortho nitro benzene ring substituents is 1. The minimum Gasteiger partial charge on any atom is -0.489 e. The van der Waals surface area contributed by atoms with Crippen LogP contribution in [0.15, 0.2) is 36.4 Å². The zero-order valence-corrected chi connectivity index (χ0v) is 12.0. The van der Waals surface area contributed by atoms with Crippen molar-refractivity contribution >= 4 is 17.3 Å². The van der Waals surface area contributed by atoms with Crippen molar-refractivity contribution in [3.8, 4) is 5.75 Å². The lowest BCUT2D eigenvalue weighted by atomic mass is 10.1. The first-order valence-corrected chi connectivity index (χ1v) is 6.48. The van der Waals surface area contributed by atoms with Crippen molar-refractivity contribution in [1.29, 1.82) is 0 Å². The molecule has 0 aliphatic carbocycles. The Balaban J connectivity index is 2.18. The Kier molecular flexibility index (Phi) is 4.25. The molecule has 0 unspecified atom stereocenters. The van der Waals surface area contributed by atoms with E-state index < -0.39 is 4.92 Å². The van der Waals surface area contributed by atoms with Gasteiger partial charge in [-0.3, -0.25) is 10.1 Å². The van der Waals surface area contributed by atoms with E-state index in [0.29, 0.717) is 10.6 Å². The van der Waals surface area contributed by atoms with Gasteiger partial charge < -0.3 is 4.74 Å². The summed E-state index contributed by atoms with van der Waals surface area (Å²) >= 11 is 6.03. The van der Waals surface area contributed by atoms with E-state index in [4.69, 9.17) is 16.3 Å². The van der Waals surface area contributed by atoms with Crippen LogP contribution in [0.3, 0.4) is 0 Å². The lowest BCUT2D eigenvalue weighted by Crippen LogP contribution is -1.99. The van der Waals surface area contributed by atoms with Crippen LogP contribution >= 0.6 is 11.6 Å². The monoisotopic (exact) mass is 291 g/mol. The number of nitro groups is 1. The van der Waals surface area contributed by atoms with Gasteiger partial charge in [0, 0.05) is 22.7 Å². The summed E-state index contributed by atoms with van der Waals surface area (Å²) in [7, 11) is 0. The van der Waals surface area contributed by atoms with Gasteiger partial charge in [0.1, 0.15) is 12.4 Å². The van der Waals surface area contributed by atoms with E-state index in [-0.39, 0.29) is 12.3 Å². The largest absolute Gasteiger partial charge is 0.489 e. The number of nitro benzene ring substituents is 1. The minimum atomic E-state index is -0.447. The molecule has 0 fully saturated rings. The molecule has 0 atom stereocenters. The molecule has 0 amide bonds. The number of ether oxygens (including phenoxy) is 1. The van der Waals surface area contributed by atoms with Crippen molar-refractivity contribution in [2.24, 2.45) is 0 Å². The summed E-state index contributed by atoms with van der Waals surface area (Å²) < 4.78 is 5.69. The molecule has 0 bridgehead atoms. The maximum atomic E-state index is 10.8. The van der Waals surface area contributed by atoms with E-state index in [1.165, 1.54) is 18.2 Å². The average Bonchev–Trinajstić information content (AvgIpc) is 2.39. The van der Waals surface area contributed by atoms with Gasteiger partial charge in [-0.1, -0.05) is 29.3 Å². The topological polar surface area (TPSA) is 52.4 Å². The molecular formula is C15H14ClNO3. The third kappa shape index (κ3) is 3.27. The molecule has 4 nitrogen and oxygen atoms in total. The lowest BCUT2D eigenvalue weighted by molar-refractivity contribution is -0.384. The highest BCUT2D eigenvalue weighted by atomic mass is 35.5. The molecule has 0 heterocycles. The van der Waals surface area contributed by atoms with Crippen LogP contribution in [-0.4, -0.2) is 4.92 Å². The summed E-state index contributed by atoms with van der Waals surface area (Å²) in [5.74, 6) is 0.748. The molecule has 0 aliphatic heterocycles. The SMILES string of the molecule is Cc1ccc(OCc2cc([N+](=O)[O-])ccc2Cl)c(C)c1. The number of benzene rings is 2. The summed E-state index contributed by atoms with van der Waals surface area (Å²) in [5, 5.41) is 11.2. The van der Waals surface area contributed by atoms with E-state index in [1.807, 2.05) is 32.0 Å². The third-order valence-corrected chi connectivity index (χ3v) is 3.32. The second-order valence-electron chi connectivity index (χ2n) is 4.59. The highest BCUT2D eigenvalue weighted by Crippen LogP contribution is 2.25. The van der Waals surface area contributed by atoms with Gasteiger partial charge in [-0.2, -0.15) is 0 Å². The molecule has 0 saturated heterocycles. The van der Waals surface area contributed by atoms with Gasteiger partial charge >= 0.3 is 0 Å². The fraction of sp³-hybridized carbons (Fsp3) is 0.200. The first-order chi connectivity index (χ1) is 9.47. The first kappa shape index (κ1) is 14.3. The maximum absolute atomic E-state index is 10.8. The maximum Gasteiger partial charge on any atom is 0.269 e. The van der Waals surface area contributed by atoms with Crippen LogP contribution in [0.1, 0.15) is 16.7 Å². The van der Waals surface area contributed by atoms with Gasteiger partial charge in [0.2, 0.25) is 0 Å². The van der Waals surface area contributed by atoms with Gasteiger partial charge in [0.15, 0.2) is 0 Å². The van der Waals surface area contributed by atoms with Crippen molar-refractivity contribution in [3.63, 3.8) is 0 Å². The smallest absolute Gasteiger partial charge is 0.269 e. The normalized spacial score (nSPS) is 10.3. The van der Waals surface area contributed by atoms with Gasteiger partial charge in [0.25, 0.3) is 5.69 Å². The average molecular weight is 292 g/mol. The van der Waals surface area contributed by atoms with Crippen LogP contribution in [0.2, 0.25) is 5.02 Å². The molecule has 0 saturated carbocycles. The van der Waals surface area contributed by atoms with Gasteiger partial charge in [-0.25, -0.2) is 0 Å². The summed E-state index contributed by atoms with van der Waals surface area (Å²) in [4.78, 5) is 10.3.